The molecule has 0 aliphatic heterocycles. The van der Waals surface area contributed by atoms with Crippen molar-refractivity contribution in [3.8, 4) is 16.9 Å². The van der Waals surface area contributed by atoms with Crippen LogP contribution in [0.1, 0.15) is 29.1 Å². The van der Waals surface area contributed by atoms with Gasteiger partial charge in [0.1, 0.15) is 5.69 Å². The summed E-state index contributed by atoms with van der Waals surface area (Å²) in [6, 6.07) is 26.8. The maximum atomic E-state index is 13.1. The van der Waals surface area contributed by atoms with E-state index in [1.165, 1.54) is 0 Å². The molecule has 0 radical (unpaired) electrons. The Kier molecular flexibility index (Phi) is 4.97. The van der Waals surface area contributed by atoms with E-state index in [0.29, 0.717) is 5.69 Å². The Balaban J connectivity index is 1.70. The number of rotatable bonds is 5. The zero-order valence-corrected chi connectivity index (χ0v) is 15.5. The van der Waals surface area contributed by atoms with Gasteiger partial charge < -0.3 is 5.32 Å². The van der Waals surface area contributed by atoms with Crippen LogP contribution in [0.3, 0.4) is 0 Å². The van der Waals surface area contributed by atoms with E-state index in [1.54, 1.807) is 10.9 Å². The first-order valence-electron chi connectivity index (χ1n) is 9.15. The average Bonchev–Trinajstić information content (AvgIpc) is 3.21. The lowest BCUT2D eigenvalue weighted by Gasteiger charge is -2.14. The number of pyridine rings is 1. The minimum Gasteiger partial charge on any atom is -0.343 e. The van der Waals surface area contributed by atoms with Crippen molar-refractivity contribution in [2.45, 2.75) is 13.0 Å². The first kappa shape index (κ1) is 17.7. The predicted molar refractivity (Wildman–Crippen MR) is 109 cm³/mol. The zero-order chi connectivity index (χ0) is 19.3. The lowest BCUT2D eigenvalue weighted by Crippen LogP contribution is -2.29. The standard InChI is InChI=1S/C23H20N4O/c1-17(20-14-8-9-15-24-20)25-23(28)22-16-21(18-10-4-2-5-11-18)26-27(22)19-12-6-3-7-13-19/h2-17H,1H3,(H,25,28)/t17-/m1/s1. The van der Waals surface area contributed by atoms with Crippen LogP contribution in [-0.4, -0.2) is 20.7 Å². The molecule has 0 saturated heterocycles. The Morgan fingerprint density at radius 2 is 1.61 bits per heavy atom. The Morgan fingerprint density at radius 3 is 2.29 bits per heavy atom. The van der Waals surface area contributed by atoms with Crippen molar-refractivity contribution in [2.75, 3.05) is 0 Å². The molecule has 0 aliphatic carbocycles. The summed E-state index contributed by atoms with van der Waals surface area (Å²) in [5.41, 5.74) is 3.84. The summed E-state index contributed by atoms with van der Waals surface area (Å²) in [6.45, 7) is 1.92. The van der Waals surface area contributed by atoms with E-state index in [0.717, 1.165) is 22.6 Å². The molecule has 28 heavy (non-hydrogen) atoms. The van der Waals surface area contributed by atoms with E-state index in [4.69, 9.17) is 5.10 Å². The van der Waals surface area contributed by atoms with Crippen LogP contribution in [0.15, 0.2) is 91.1 Å². The molecule has 0 unspecified atom stereocenters. The van der Waals surface area contributed by atoms with Gasteiger partial charge in [-0.15, -0.1) is 0 Å². The molecule has 0 saturated carbocycles. The molecule has 0 fully saturated rings. The molecular weight excluding hydrogens is 348 g/mol. The summed E-state index contributed by atoms with van der Waals surface area (Å²) >= 11 is 0. The van der Waals surface area contributed by atoms with E-state index >= 15 is 0 Å². The number of carbonyl (C=O) groups excluding carboxylic acids is 1. The first-order chi connectivity index (χ1) is 13.7. The van der Waals surface area contributed by atoms with E-state index in [9.17, 15) is 4.79 Å². The van der Waals surface area contributed by atoms with Gasteiger partial charge in [-0.05, 0) is 37.3 Å². The Bertz CT molecular complexity index is 1060. The van der Waals surface area contributed by atoms with Crippen molar-refractivity contribution >= 4 is 5.91 Å². The highest BCUT2D eigenvalue weighted by Crippen LogP contribution is 2.22. The molecule has 0 aliphatic rings. The predicted octanol–water partition coefficient (Wildman–Crippen LogP) is 4.43. The minimum absolute atomic E-state index is 0.198. The van der Waals surface area contributed by atoms with Gasteiger partial charge in [0, 0.05) is 11.8 Å². The molecule has 1 amide bonds. The smallest absolute Gasteiger partial charge is 0.270 e. The molecule has 0 bridgehead atoms. The summed E-state index contributed by atoms with van der Waals surface area (Å²) in [7, 11) is 0. The lowest BCUT2D eigenvalue weighted by molar-refractivity contribution is 0.0931. The van der Waals surface area contributed by atoms with Crippen molar-refractivity contribution in [1.82, 2.24) is 20.1 Å². The van der Waals surface area contributed by atoms with Gasteiger partial charge in [0.15, 0.2) is 0 Å². The molecule has 138 valence electrons. The highest BCUT2D eigenvalue weighted by atomic mass is 16.2. The number of hydrogen-bond donors (Lipinski definition) is 1. The number of hydrogen-bond acceptors (Lipinski definition) is 3. The van der Waals surface area contributed by atoms with Gasteiger partial charge in [-0.1, -0.05) is 54.6 Å². The number of para-hydroxylation sites is 1. The van der Waals surface area contributed by atoms with E-state index < -0.39 is 0 Å². The zero-order valence-electron chi connectivity index (χ0n) is 15.5. The van der Waals surface area contributed by atoms with Gasteiger partial charge in [-0.3, -0.25) is 9.78 Å². The second-order valence-corrected chi connectivity index (χ2v) is 6.48. The van der Waals surface area contributed by atoms with Crippen molar-refractivity contribution in [3.05, 3.63) is 103 Å². The largest absolute Gasteiger partial charge is 0.343 e. The Morgan fingerprint density at radius 1 is 0.929 bits per heavy atom. The van der Waals surface area contributed by atoms with Crippen molar-refractivity contribution in [2.24, 2.45) is 0 Å². The van der Waals surface area contributed by atoms with Crippen LogP contribution < -0.4 is 5.32 Å². The van der Waals surface area contributed by atoms with Crippen molar-refractivity contribution in [3.63, 3.8) is 0 Å². The maximum absolute atomic E-state index is 13.1. The summed E-state index contributed by atoms with van der Waals surface area (Å²) < 4.78 is 1.68. The van der Waals surface area contributed by atoms with E-state index in [1.807, 2.05) is 91.9 Å². The Hall–Kier alpha value is -3.73. The summed E-state index contributed by atoms with van der Waals surface area (Å²) in [5, 5.41) is 7.72. The third kappa shape index (κ3) is 3.69. The molecule has 5 nitrogen and oxygen atoms in total. The number of aromatic nitrogens is 3. The average molecular weight is 368 g/mol. The van der Waals surface area contributed by atoms with Gasteiger partial charge >= 0.3 is 0 Å². The molecular formula is C23H20N4O. The fourth-order valence-corrected chi connectivity index (χ4v) is 3.04. The van der Waals surface area contributed by atoms with Gasteiger partial charge in [-0.2, -0.15) is 5.10 Å². The molecule has 0 spiro atoms. The summed E-state index contributed by atoms with van der Waals surface area (Å²) in [6.07, 6.45) is 1.72. The van der Waals surface area contributed by atoms with Gasteiger partial charge in [0.25, 0.3) is 5.91 Å². The Labute approximate surface area is 163 Å². The SMILES string of the molecule is C[C@@H](NC(=O)c1cc(-c2ccccc2)nn1-c1ccccc1)c1ccccn1. The van der Waals surface area contributed by atoms with Gasteiger partial charge in [0.05, 0.1) is 23.1 Å². The number of amides is 1. The molecule has 4 aromatic rings. The lowest BCUT2D eigenvalue weighted by atomic mass is 10.1. The third-order valence-corrected chi connectivity index (χ3v) is 4.49. The fourth-order valence-electron chi connectivity index (χ4n) is 3.04. The van der Waals surface area contributed by atoms with E-state index in [-0.39, 0.29) is 11.9 Å². The highest BCUT2D eigenvalue weighted by molar-refractivity contribution is 5.94. The molecule has 2 aromatic carbocycles. The van der Waals surface area contributed by atoms with Crippen molar-refractivity contribution in [1.29, 1.82) is 0 Å². The fraction of sp³-hybridized carbons (Fsp3) is 0.0870. The van der Waals surface area contributed by atoms with Crippen LogP contribution in [0.4, 0.5) is 0 Å². The molecule has 2 heterocycles. The molecule has 1 N–H and O–H groups in total. The van der Waals surface area contributed by atoms with Crippen LogP contribution >= 0.6 is 0 Å². The number of nitrogens with zero attached hydrogens (tertiary/aromatic N) is 3. The quantitative estimate of drug-likeness (QED) is 0.567. The second-order valence-electron chi connectivity index (χ2n) is 6.48. The minimum atomic E-state index is -0.215. The van der Waals surface area contributed by atoms with Crippen LogP contribution in [0.5, 0.6) is 0 Å². The summed E-state index contributed by atoms with van der Waals surface area (Å²) in [4.78, 5) is 17.4. The number of nitrogens with one attached hydrogen (secondary N) is 1. The summed E-state index contributed by atoms with van der Waals surface area (Å²) in [5.74, 6) is -0.198. The number of benzene rings is 2. The van der Waals surface area contributed by atoms with Gasteiger partial charge in [-0.25, -0.2) is 4.68 Å². The normalized spacial score (nSPS) is 11.8. The molecule has 4 rings (SSSR count). The van der Waals surface area contributed by atoms with E-state index in [2.05, 4.69) is 10.3 Å². The molecule has 1 atom stereocenters. The molecule has 2 aromatic heterocycles. The highest BCUT2D eigenvalue weighted by Gasteiger charge is 2.20. The van der Waals surface area contributed by atoms with Gasteiger partial charge in [0.2, 0.25) is 0 Å². The van der Waals surface area contributed by atoms with Crippen LogP contribution in [0.25, 0.3) is 16.9 Å². The molecule has 5 heteroatoms. The van der Waals surface area contributed by atoms with Crippen LogP contribution in [0.2, 0.25) is 0 Å². The number of carbonyl (C=O) groups is 1. The van der Waals surface area contributed by atoms with Crippen LogP contribution in [-0.2, 0) is 0 Å². The maximum Gasteiger partial charge on any atom is 0.270 e. The monoisotopic (exact) mass is 368 g/mol. The van der Waals surface area contributed by atoms with Crippen LogP contribution in [0, 0.1) is 0 Å². The second kappa shape index (κ2) is 7.88. The first-order valence-corrected chi connectivity index (χ1v) is 9.15. The third-order valence-electron chi connectivity index (χ3n) is 4.49. The van der Waals surface area contributed by atoms with Crippen molar-refractivity contribution < 1.29 is 4.79 Å². The topological polar surface area (TPSA) is 59.8 Å².